The molecule has 4 nitrogen and oxygen atoms in total. The SMILES string of the molecule is [2H]N([2H])C([2H])([2H])C([2H])([2H])C([2H])([2H])N([2H])C([2H])([2H])C([2H])([2H])C([2H])([2H])C([2H])([2H])N([2H])C([2H])([2H])C([2H])([2H])C([2H])([2H])N([2H])[2H]. The van der Waals surface area contributed by atoms with E-state index in [1.807, 2.05) is 0 Å². The molecule has 86 valence electrons. The third-order valence-corrected chi connectivity index (χ3v) is 0.622. The molecule has 0 aliphatic rings. The summed E-state index contributed by atoms with van der Waals surface area (Å²) in [5, 5.41) is -2.57. The molecule has 0 bridgehead atoms. The van der Waals surface area contributed by atoms with Crippen molar-refractivity contribution in [2.45, 2.75) is 25.5 Å². The van der Waals surface area contributed by atoms with Crippen molar-refractivity contribution in [3.63, 3.8) is 0 Å². The highest BCUT2D eigenvalue weighted by atomic mass is 14.9. The van der Waals surface area contributed by atoms with Crippen LogP contribution in [0.25, 0.3) is 0 Å². The van der Waals surface area contributed by atoms with E-state index in [2.05, 4.69) is 0 Å². The van der Waals surface area contributed by atoms with Crippen molar-refractivity contribution in [3.05, 3.63) is 0 Å². The molecule has 0 amide bonds. The van der Waals surface area contributed by atoms with Crippen LogP contribution in [-0.4, -0.2) is 39.0 Å². The lowest BCUT2D eigenvalue weighted by Crippen LogP contribution is -2.22. The average molecular weight is 229 g/mol. The molecule has 0 aliphatic carbocycles. The fourth-order valence-corrected chi connectivity index (χ4v) is 0.274. The Bertz CT molecular complexity index is 822. The maximum absolute atomic E-state index is 7.97. The number of nitrogens with one attached hydrogen (secondary N) is 2. The Labute approximate surface area is 125 Å². The Hall–Kier alpha value is -0.160. The quantitative estimate of drug-likeness (QED) is 0.347. The normalized spacial score (nSPS) is 49.4. The van der Waals surface area contributed by atoms with Crippen LogP contribution in [0.5, 0.6) is 0 Å². The minimum absolute atomic E-state index is 0.984. The summed E-state index contributed by atoms with van der Waals surface area (Å²) >= 11 is 0. The summed E-state index contributed by atoms with van der Waals surface area (Å²) in [6, 6.07) is 0. The molecule has 0 aromatic rings. The third-order valence-electron chi connectivity index (χ3n) is 0.622. The van der Waals surface area contributed by atoms with Gasteiger partial charge in [-0.05, 0) is 64.5 Å². The van der Waals surface area contributed by atoms with Crippen LogP contribution in [-0.2, 0) is 0 Å². The minimum atomic E-state index is -4.65. The van der Waals surface area contributed by atoms with Crippen LogP contribution in [0, 0.1) is 0 Å². The molecule has 0 radical (unpaired) electrons. The van der Waals surface area contributed by atoms with E-state index in [1.54, 1.807) is 0 Å². The van der Waals surface area contributed by atoms with Crippen LogP contribution >= 0.6 is 0 Å². The molecule has 14 heavy (non-hydrogen) atoms. The fourth-order valence-electron chi connectivity index (χ4n) is 0.274. The molecule has 0 aromatic carbocycles. The fraction of sp³-hybridized carbons (Fsp3) is 1.00. The Balaban J connectivity index is 6.98. The van der Waals surface area contributed by atoms with E-state index in [4.69, 9.17) is 35.9 Å². The molecule has 0 saturated heterocycles. The Morgan fingerprint density at radius 3 is 1.71 bits per heavy atom. The van der Waals surface area contributed by atoms with E-state index in [1.165, 1.54) is 0 Å². The van der Waals surface area contributed by atoms with E-state index in [-0.39, 0.29) is 0 Å². The van der Waals surface area contributed by atoms with Gasteiger partial charge in [0.15, 0.2) is 0 Å². The van der Waals surface area contributed by atoms with Gasteiger partial charge in [0, 0.05) is 27.4 Å². The van der Waals surface area contributed by atoms with Gasteiger partial charge >= 0.3 is 0 Å². The minimum Gasteiger partial charge on any atom is -0.330 e. The summed E-state index contributed by atoms with van der Waals surface area (Å²) < 4.78 is 199. The summed E-state index contributed by atoms with van der Waals surface area (Å²) in [6.45, 7) is -25.8. The molecular weight excluding hydrogens is 176 g/mol. The first kappa shape index (κ1) is 1.51. The number of hydrogen-bond acceptors (Lipinski definition) is 4. The molecule has 0 spiro atoms. The van der Waals surface area contributed by atoms with Gasteiger partial charge in [-0.3, -0.25) is 0 Å². The highest BCUT2D eigenvalue weighted by molar-refractivity contribution is 4.52. The smallest absolute Gasteiger partial charge is 0.122 e. The van der Waals surface area contributed by atoms with Gasteiger partial charge in [0.2, 0.25) is 0 Å². The average Bonchev–Trinajstić information content (AvgIpc) is 2.76. The van der Waals surface area contributed by atoms with Gasteiger partial charge in [0.1, 0.15) is 8.47 Å². The van der Waals surface area contributed by atoms with Crippen LogP contribution in [0.3, 0.4) is 0 Å². The van der Waals surface area contributed by atoms with Crippen molar-refractivity contribution in [1.29, 1.82) is 0 Å². The molecule has 0 aliphatic heterocycles. The molecule has 0 aromatic heterocycles. The number of rotatable bonds is 13. The monoisotopic (exact) mass is 228 g/mol. The molecule has 0 atom stereocenters. The van der Waals surface area contributed by atoms with Gasteiger partial charge in [-0.25, -0.2) is 0 Å². The van der Waals surface area contributed by atoms with Crippen molar-refractivity contribution in [2.75, 3.05) is 39.0 Å². The Morgan fingerprint density at radius 1 is 0.857 bits per heavy atom. The predicted octanol–water partition coefficient (Wildman–Crippen LogP) is -0.357. The van der Waals surface area contributed by atoms with E-state index < -0.39 is 86.5 Å². The summed E-state index contributed by atoms with van der Waals surface area (Å²) in [6.07, 6.45) is -17.8. The summed E-state index contributed by atoms with van der Waals surface area (Å²) in [7, 11) is 0. The van der Waals surface area contributed by atoms with E-state index in [9.17, 15) is 0 Å². The lowest BCUT2D eigenvalue weighted by atomic mass is 10.3. The highest BCUT2D eigenvalue weighted by Crippen LogP contribution is 1.84. The van der Waals surface area contributed by atoms with Crippen LogP contribution < -0.4 is 22.1 Å². The first-order chi connectivity index (χ1) is 16.9. The topological polar surface area (TPSA) is 76.1 Å². The van der Waals surface area contributed by atoms with Gasteiger partial charge in [-0.2, -0.15) is 0 Å². The third kappa shape index (κ3) is 11.8. The van der Waals surface area contributed by atoms with Gasteiger partial charge in [-0.15, -0.1) is 0 Å². The maximum Gasteiger partial charge on any atom is 0.122 e. The van der Waals surface area contributed by atoms with Crippen LogP contribution in [0.1, 0.15) is 52.9 Å². The van der Waals surface area contributed by atoms with Gasteiger partial charge in [0.05, 0.1) is 0 Å². The van der Waals surface area contributed by atoms with Crippen molar-refractivity contribution in [2.24, 2.45) is 11.4 Å². The summed E-state index contributed by atoms with van der Waals surface area (Å²) in [5.74, 6) is 0. The van der Waals surface area contributed by atoms with Gasteiger partial charge < -0.3 is 22.1 Å². The lowest BCUT2D eigenvalue weighted by molar-refractivity contribution is 0.570. The van der Waals surface area contributed by atoms with Gasteiger partial charge in [-0.1, -0.05) is 0 Å². The van der Waals surface area contributed by atoms with Crippen molar-refractivity contribution in [3.8, 4) is 0 Å². The lowest BCUT2D eigenvalue weighted by Gasteiger charge is -2.04. The Kier molecular flexibility index (Phi) is 1.39. The molecular formula is C10H26N4. The van der Waals surface area contributed by atoms with E-state index in [0.717, 1.165) is 0 Å². The molecule has 0 heterocycles. The van der Waals surface area contributed by atoms with Crippen LogP contribution in [0.4, 0.5) is 0 Å². The maximum atomic E-state index is 7.97. The van der Waals surface area contributed by atoms with Crippen LogP contribution in [0.2, 0.25) is 8.47 Å². The van der Waals surface area contributed by atoms with Crippen molar-refractivity contribution < 1.29 is 35.9 Å². The highest BCUT2D eigenvalue weighted by Gasteiger charge is 1.89. The van der Waals surface area contributed by atoms with Gasteiger partial charge in [0.25, 0.3) is 0 Å². The second-order valence-corrected chi connectivity index (χ2v) is 1.39. The second kappa shape index (κ2) is 12.8. The first-order valence-electron chi connectivity index (χ1n) is 15.8. The van der Waals surface area contributed by atoms with E-state index in [0.29, 0.717) is 0 Å². The number of hydrogen-bond donors (Lipinski definition) is 4. The molecule has 0 unspecified atom stereocenters. The zero-order valence-electron chi connectivity index (χ0n) is 32.8. The first-order valence-corrected chi connectivity index (χ1v) is 3.09. The summed E-state index contributed by atoms with van der Waals surface area (Å²) in [5.41, 5.74) is -1.97. The molecule has 0 rings (SSSR count). The Morgan fingerprint density at radius 2 is 1.29 bits per heavy atom. The summed E-state index contributed by atoms with van der Waals surface area (Å²) in [4.78, 5) is 0. The van der Waals surface area contributed by atoms with Crippen molar-refractivity contribution in [1.82, 2.24) is 10.6 Å². The second-order valence-electron chi connectivity index (χ2n) is 1.39. The molecule has 0 fully saturated rings. The zero-order chi connectivity index (χ0) is 33.3. The molecule has 6 N–H and O–H groups in total. The predicted molar refractivity (Wildman–Crippen MR) is 62.3 cm³/mol. The largest absolute Gasteiger partial charge is 0.330 e. The standard InChI is InChI=1S/C10H26N4/c11-5-3-9-13-7-1-2-8-14-10-4-6-12/h13-14H,1-12H2/i1D2,2D2,3D2,4D2,5D2,6D2,7D2,8D2,9D2,10D2/hD6. The number of nitrogens with two attached hydrogens (primary N) is 2. The van der Waals surface area contributed by atoms with E-state index >= 15 is 0 Å². The molecule has 4 heteroatoms. The van der Waals surface area contributed by atoms with Crippen LogP contribution in [0.15, 0.2) is 0 Å². The molecule has 0 saturated carbocycles. The van der Waals surface area contributed by atoms with Crippen molar-refractivity contribution >= 4 is 0 Å². The zero-order valence-corrected chi connectivity index (χ0v) is 6.79.